The maximum absolute atomic E-state index is 13.7. The highest BCUT2D eigenvalue weighted by Gasteiger charge is 2.26. The Balaban J connectivity index is 0.000000208. The fourth-order valence-electron chi connectivity index (χ4n) is 5.82. The van der Waals surface area contributed by atoms with Gasteiger partial charge in [0, 0.05) is 43.1 Å². The number of ether oxygens (including phenoxy) is 3. The first-order valence-corrected chi connectivity index (χ1v) is 17.5. The third kappa shape index (κ3) is 10.7. The van der Waals surface area contributed by atoms with Crippen LogP contribution in [0.2, 0.25) is 0 Å². The van der Waals surface area contributed by atoms with E-state index in [-0.39, 0.29) is 37.5 Å². The Morgan fingerprint density at radius 2 is 1.06 bits per heavy atom. The molecule has 4 aromatic carbocycles. The maximum Gasteiger partial charge on any atom is 0.337 e. The molecule has 2 N–H and O–H groups in total. The summed E-state index contributed by atoms with van der Waals surface area (Å²) in [4.78, 5) is 55.8. The van der Waals surface area contributed by atoms with Crippen LogP contribution in [0.3, 0.4) is 0 Å². The molecule has 284 valence electrons. The molecule has 0 bridgehead atoms. The van der Waals surface area contributed by atoms with Crippen LogP contribution in [0.1, 0.15) is 31.8 Å². The van der Waals surface area contributed by atoms with Crippen LogP contribution in [-0.2, 0) is 27.3 Å². The Morgan fingerprint density at radius 1 is 0.648 bits per heavy atom. The van der Waals surface area contributed by atoms with Crippen molar-refractivity contribution in [1.82, 2.24) is 9.80 Å². The summed E-state index contributed by atoms with van der Waals surface area (Å²) in [6, 6.07) is 25.2. The lowest BCUT2D eigenvalue weighted by Crippen LogP contribution is -2.48. The lowest BCUT2D eigenvalue weighted by molar-refractivity contribution is 0.0548. The molecule has 0 atom stereocenters. The van der Waals surface area contributed by atoms with Crippen LogP contribution in [0, 0.1) is 11.6 Å². The SMILES string of the molecule is COC(=O)c1ccc(CN(C(=O)N2CCOCC2)c2cccc(F)c2)cc1.NCC(=O)c1ccc(CN(C(=O)N2CCOCC2)c2cccc(F)c2)cc1. The van der Waals surface area contributed by atoms with Crippen molar-refractivity contribution in [2.45, 2.75) is 13.1 Å². The summed E-state index contributed by atoms with van der Waals surface area (Å²) in [5.41, 5.74) is 8.93. The van der Waals surface area contributed by atoms with E-state index in [9.17, 15) is 28.0 Å². The van der Waals surface area contributed by atoms with Crippen LogP contribution in [0.4, 0.5) is 29.7 Å². The smallest absolute Gasteiger partial charge is 0.337 e. The Morgan fingerprint density at radius 3 is 1.43 bits per heavy atom. The molecule has 2 aliphatic rings. The third-order valence-electron chi connectivity index (χ3n) is 8.78. The number of rotatable bonds is 9. The van der Waals surface area contributed by atoms with Gasteiger partial charge in [-0.2, -0.15) is 0 Å². The second-order valence-electron chi connectivity index (χ2n) is 12.4. The Labute approximate surface area is 312 Å². The minimum Gasteiger partial charge on any atom is -0.465 e. The van der Waals surface area contributed by atoms with Gasteiger partial charge in [-0.25, -0.2) is 23.2 Å². The highest BCUT2D eigenvalue weighted by Crippen LogP contribution is 2.23. The van der Waals surface area contributed by atoms with E-state index in [2.05, 4.69) is 0 Å². The summed E-state index contributed by atoms with van der Waals surface area (Å²) < 4.78 is 42.8. The van der Waals surface area contributed by atoms with Crippen molar-refractivity contribution in [1.29, 1.82) is 0 Å². The number of urea groups is 2. The number of hydrogen-bond donors (Lipinski definition) is 1. The number of carbonyl (C=O) groups excluding carboxylic acids is 4. The van der Waals surface area contributed by atoms with Gasteiger partial charge in [0.2, 0.25) is 0 Å². The molecule has 4 aromatic rings. The largest absolute Gasteiger partial charge is 0.465 e. The number of amides is 4. The first-order valence-electron chi connectivity index (χ1n) is 17.5. The average Bonchev–Trinajstić information content (AvgIpc) is 3.22. The number of carbonyl (C=O) groups is 4. The molecule has 14 heteroatoms. The first kappa shape index (κ1) is 39.5. The van der Waals surface area contributed by atoms with Crippen molar-refractivity contribution in [3.05, 3.63) is 131 Å². The topological polar surface area (TPSA) is 135 Å². The molecule has 2 aliphatic heterocycles. The van der Waals surface area contributed by atoms with Gasteiger partial charge in [0.05, 0.1) is 58.7 Å². The summed E-state index contributed by atoms with van der Waals surface area (Å²) >= 11 is 0. The number of nitrogens with two attached hydrogens (primary N) is 1. The average molecular weight is 744 g/mol. The molecule has 6 rings (SSSR count). The standard InChI is InChI=1S/C20H22FN3O3.C20H21FN2O4/c21-17-2-1-3-18(12-17)24(20(26)23-8-10-27-11-9-23)14-15-4-6-16(7-5-15)19(25)13-22;1-26-19(24)16-7-5-15(6-8-16)14-23(18-4-2-3-17(21)13-18)20(25)22-9-11-27-12-10-22/h1-7,12H,8-11,13-14,22H2;2-8,13H,9-12,14H2,1H3. The maximum atomic E-state index is 13.7. The van der Waals surface area contributed by atoms with Gasteiger partial charge < -0.3 is 29.7 Å². The molecule has 2 heterocycles. The van der Waals surface area contributed by atoms with E-state index in [1.165, 1.54) is 41.2 Å². The van der Waals surface area contributed by atoms with Crippen LogP contribution in [-0.4, -0.2) is 99.9 Å². The van der Waals surface area contributed by atoms with Gasteiger partial charge in [0.1, 0.15) is 11.6 Å². The van der Waals surface area contributed by atoms with E-state index >= 15 is 0 Å². The molecule has 0 saturated carbocycles. The summed E-state index contributed by atoms with van der Waals surface area (Å²) in [7, 11) is 1.32. The number of ketones is 1. The third-order valence-corrected chi connectivity index (χ3v) is 8.78. The van der Waals surface area contributed by atoms with Gasteiger partial charge in [-0.15, -0.1) is 0 Å². The zero-order valence-corrected chi connectivity index (χ0v) is 30.0. The molecule has 2 fully saturated rings. The van der Waals surface area contributed by atoms with Gasteiger partial charge in [-0.05, 0) is 59.7 Å². The monoisotopic (exact) mass is 743 g/mol. The van der Waals surface area contributed by atoms with Crippen molar-refractivity contribution in [2.24, 2.45) is 5.73 Å². The van der Waals surface area contributed by atoms with Gasteiger partial charge in [0.15, 0.2) is 5.78 Å². The summed E-state index contributed by atoms with van der Waals surface area (Å²) in [6.07, 6.45) is 0. The number of esters is 1. The fourth-order valence-corrected chi connectivity index (χ4v) is 5.82. The molecule has 2 saturated heterocycles. The predicted octanol–water partition coefficient (Wildman–Crippen LogP) is 5.50. The number of benzene rings is 4. The van der Waals surface area contributed by atoms with Crippen LogP contribution < -0.4 is 15.5 Å². The van der Waals surface area contributed by atoms with Gasteiger partial charge >= 0.3 is 18.0 Å². The van der Waals surface area contributed by atoms with E-state index in [1.807, 2.05) is 0 Å². The number of Topliss-reactive ketones (excluding diaryl/α,β-unsaturated/α-hetero) is 1. The number of hydrogen-bond acceptors (Lipinski definition) is 8. The summed E-state index contributed by atoms with van der Waals surface area (Å²) in [6.45, 7) is 4.37. The van der Waals surface area contributed by atoms with E-state index < -0.39 is 17.6 Å². The molecular formula is C40H43F2N5O7. The lowest BCUT2D eigenvalue weighted by atomic mass is 10.1. The normalized spacial score (nSPS) is 14.0. The zero-order valence-electron chi connectivity index (χ0n) is 30.0. The number of nitrogens with zero attached hydrogens (tertiary/aromatic N) is 4. The molecular weight excluding hydrogens is 700 g/mol. The Bertz CT molecular complexity index is 1750. The van der Waals surface area contributed by atoms with Gasteiger partial charge in [0.25, 0.3) is 0 Å². The van der Waals surface area contributed by atoms with E-state index in [0.717, 1.165) is 11.1 Å². The first-order chi connectivity index (χ1) is 26.2. The Hall–Kier alpha value is -5.70. The van der Waals surface area contributed by atoms with Crippen LogP contribution in [0.15, 0.2) is 97.1 Å². The molecule has 12 nitrogen and oxygen atoms in total. The van der Waals surface area contributed by atoms with Crippen molar-refractivity contribution in [3.63, 3.8) is 0 Å². The van der Waals surface area contributed by atoms with Gasteiger partial charge in [-0.1, -0.05) is 48.5 Å². The van der Waals surface area contributed by atoms with Crippen molar-refractivity contribution >= 4 is 35.2 Å². The number of methoxy groups -OCH3 is 1. The van der Waals surface area contributed by atoms with Crippen LogP contribution in [0.5, 0.6) is 0 Å². The summed E-state index contributed by atoms with van der Waals surface area (Å²) in [5.74, 6) is -1.38. The second kappa shape index (κ2) is 19.4. The van der Waals surface area contributed by atoms with E-state index in [0.29, 0.717) is 75.1 Å². The molecule has 0 radical (unpaired) electrons. The lowest BCUT2D eigenvalue weighted by Gasteiger charge is -2.33. The number of halogens is 2. The fraction of sp³-hybridized carbons (Fsp3) is 0.300. The molecule has 4 amide bonds. The minimum absolute atomic E-state index is 0.0513. The van der Waals surface area contributed by atoms with Gasteiger partial charge in [-0.3, -0.25) is 14.6 Å². The van der Waals surface area contributed by atoms with Crippen molar-refractivity contribution < 1.29 is 42.2 Å². The molecule has 0 aliphatic carbocycles. The van der Waals surface area contributed by atoms with E-state index in [1.54, 1.807) is 82.6 Å². The zero-order chi connectivity index (χ0) is 38.5. The molecule has 54 heavy (non-hydrogen) atoms. The summed E-state index contributed by atoms with van der Waals surface area (Å²) in [5, 5.41) is 0. The number of anilines is 2. The molecule has 0 spiro atoms. The van der Waals surface area contributed by atoms with Crippen LogP contribution in [0.25, 0.3) is 0 Å². The highest BCUT2D eigenvalue weighted by molar-refractivity contribution is 5.97. The predicted molar refractivity (Wildman–Crippen MR) is 198 cm³/mol. The number of morpholine rings is 2. The highest BCUT2D eigenvalue weighted by atomic mass is 19.1. The molecule has 0 unspecified atom stereocenters. The molecule has 0 aromatic heterocycles. The van der Waals surface area contributed by atoms with Crippen LogP contribution >= 0.6 is 0 Å². The minimum atomic E-state index is -0.423. The van der Waals surface area contributed by atoms with E-state index in [4.69, 9.17) is 19.9 Å². The quantitative estimate of drug-likeness (QED) is 0.176. The van der Waals surface area contributed by atoms with Crippen molar-refractivity contribution in [2.75, 3.05) is 76.1 Å². The Kier molecular flexibility index (Phi) is 14.2. The van der Waals surface area contributed by atoms with Crippen molar-refractivity contribution in [3.8, 4) is 0 Å². The second-order valence-corrected chi connectivity index (χ2v) is 12.4.